The number of piperidine rings is 1. The van der Waals surface area contributed by atoms with Gasteiger partial charge in [0.25, 0.3) is 5.91 Å². The number of amides is 1. The maximum atomic E-state index is 12.8. The van der Waals surface area contributed by atoms with Crippen LogP contribution in [-0.2, 0) is 4.79 Å². The Morgan fingerprint density at radius 1 is 1.35 bits per heavy atom. The number of nitrogens with zero attached hydrogens (tertiary/aromatic N) is 2. The molecule has 0 aromatic rings. The molecule has 7 heteroatoms. The Hall–Kier alpha value is -0.820. The maximum Gasteiger partial charge on any atom is 0.415 e. The van der Waals surface area contributed by atoms with Gasteiger partial charge in [0.15, 0.2) is 5.54 Å². The molecule has 1 amide bonds. The van der Waals surface area contributed by atoms with Gasteiger partial charge in [0.1, 0.15) is 0 Å². The van der Waals surface area contributed by atoms with Crippen molar-refractivity contribution in [1.29, 1.82) is 0 Å². The summed E-state index contributed by atoms with van der Waals surface area (Å²) < 4.78 is 38.4. The Balaban J connectivity index is 2.63. The van der Waals surface area contributed by atoms with E-state index >= 15 is 0 Å². The topological polar surface area (TPSA) is 49.6 Å². The molecule has 1 aliphatic rings. The van der Waals surface area contributed by atoms with Crippen LogP contribution in [0, 0.1) is 0 Å². The second-order valence-corrected chi connectivity index (χ2v) is 5.69. The summed E-state index contributed by atoms with van der Waals surface area (Å²) in [6, 6.07) is -0.166. The molecule has 0 aromatic heterocycles. The molecule has 0 saturated carbocycles. The lowest BCUT2D eigenvalue weighted by Gasteiger charge is -2.39. The van der Waals surface area contributed by atoms with Gasteiger partial charge in [0, 0.05) is 26.2 Å². The fraction of sp³-hybridized carbons (Fsp3) is 0.923. The van der Waals surface area contributed by atoms with Crippen LogP contribution in [0.1, 0.15) is 33.1 Å². The molecule has 4 nitrogen and oxygen atoms in total. The summed E-state index contributed by atoms with van der Waals surface area (Å²) in [6.45, 7) is 5.43. The van der Waals surface area contributed by atoms with Gasteiger partial charge in [-0.15, -0.1) is 0 Å². The van der Waals surface area contributed by atoms with E-state index in [1.54, 1.807) is 0 Å². The standard InChI is InChI=1S/C13H24F3N3O/c1-4-7-19-8-5-10(6-9-19)18(3)11(20)12(2,17)13(14,15)16/h10H,4-9,17H2,1-3H3. The third kappa shape index (κ3) is 3.63. The van der Waals surface area contributed by atoms with Crippen molar-refractivity contribution in [2.45, 2.75) is 50.9 Å². The zero-order chi connectivity index (χ0) is 15.6. The van der Waals surface area contributed by atoms with Crippen molar-refractivity contribution < 1.29 is 18.0 Å². The predicted molar refractivity (Wildman–Crippen MR) is 71.2 cm³/mol. The van der Waals surface area contributed by atoms with Crippen LogP contribution in [0.3, 0.4) is 0 Å². The van der Waals surface area contributed by atoms with E-state index in [2.05, 4.69) is 11.8 Å². The minimum atomic E-state index is -4.73. The van der Waals surface area contributed by atoms with Crippen LogP contribution in [-0.4, -0.2) is 60.1 Å². The Morgan fingerprint density at radius 3 is 2.25 bits per heavy atom. The second kappa shape index (κ2) is 6.30. The highest BCUT2D eigenvalue weighted by molar-refractivity contribution is 5.86. The molecule has 0 aromatic carbocycles. The average Bonchev–Trinajstić information content (AvgIpc) is 2.37. The fourth-order valence-corrected chi connectivity index (χ4v) is 2.50. The van der Waals surface area contributed by atoms with Gasteiger partial charge >= 0.3 is 6.18 Å². The van der Waals surface area contributed by atoms with E-state index in [4.69, 9.17) is 5.73 Å². The number of carbonyl (C=O) groups is 1. The summed E-state index contributed by atoms with van der Waals surface area (Å²) in [5, 5.41) is 0. The fourth-order valence-electron chi connectivity index (χ4n) is 2.50. The molecule has 1 saturated heterocycles. The molecule has 118 valence electrons. The van der Waals surface area contributed by atoms with Gasteiger partial charge in [-0.25, -0.2) is 0 Å². The number of hydrogen-bond donors (Lipinski definition) is 1. The van der Waals surface area contributed by atoms with Crippen LogP contribution in [0.25, 0.3) is 0 Å². The van der Waals surface area contributed by atoms with Crippen molar-refractivity contribution in [3.8, 4) is 0 Å². The van der Waals surface area contributed by atoms with Gasteiger partial charge in [0.05, 0.1) is 0 Å². The van der Waals surface area contributed by atoms with Crippen LogP contribution < -0.4 is 5.73 Å². The summed E-state index contributed by atoms with van der Waals surface area (Å²) in [6.07, 6.45) is -2.30. The van der Waals surface area contributed by atoms with Crippen molar-refractivity contribution in [1.82, 2.24) is 9.80 Å². The van der Waals surface area contributed by atoms with E-state index in [0.29, 0.717) is 12.8 Å². The Labute approximate surface area is 118 Å². The van der Waals surface area contributed by atoms with E-state index in [0.717, 1.165) is 33.0 Å². The number of halogens is 3. The molecule has 2 N–H and O–H groups in total. The van der Waals surface area contributed by atoms with Crippen LogP contribution in [0.2, 0.25) is 0 Å². The van der Waals surface area contributed by atoms with Crippen LogP contribution >= 0.6 is 0 Å². The molecule has 20 heavy (non-hydrogen) atoms. The second-order valence-electron chi connectivity index (χ2n) is 5.69. The molecule has 0 spiro atoms. The van der Waals surface area contributed by atoms with Gasteiger partial charge in [0.2, 0.25) is 0 Å². The lowest BCUT2D eigenvalue weighted by molar-refractivity contribution is -0.194. The molecular weight excluding hydrogens is 271 g/mol. The number of rotatable bonds is 4. The van der Waals surface area contributed by atoms with Gasteiger partial charge < -0.3 is 15.5 Å². The summed E-state index contributed by atoms with van der Waals surface area (Å²) in [4.78, 5) is 15.4. The Kier molecular flexibility index (Phi) is 5.43. The highest BCUT2D eigenvalue weighted by atomic mass is 19.4. The van der Waals surface area contributed by atoms with Crippen LogP contribution in [0.15, 0.2) is 0 Å². The lowest BCUT2D eigenvalue weighted by atomic mass is 9.97. The van der Waals surface area contributed by atoms with Gasteiger partial charge in [-0.05, 0) is 32.7 Å². The monoisotopic (exact) mass is 295 g/mol. The Morgan fingerprint density at radius 2 is 1.85 bits per heavy atom. The summed E-state index contributed by atoms with van der Waals surface area (Å²) in [7, 11) is 1.42. The van der Waals surface area contributed by atoms with E-state index in [-0.39, 0.29) is 6.04 Å². The molecule has 0 aliphatic carbocycles. The molecule has 1 atom stereocenters. The zero-order valence-corrected chi connectivity index (χ0v) is 12.3. The first kappa shape index (κ1) is 17.2. The summed E-state index contributed by atoms with van der Waals surface area (Å²) >= 11 is 0. The van der Waals surface area contributed by atoms with Crippen molar-refractivity contribution >= 4 is 5.91 Å². The van der Waals surface area contributed by atoms with Crippen LogP contribution in [0.4, 0.5) is 13.2 Å². The van der Waals surface area contributed by atoms with Crippen LogP contribution in [0.5, 0.6) is 0 Å². The van der Waals surface area contributed by atoms with Crippen molar-refractivity contribution in [3.05, 3.63) is 0 Å². The normalized spacial score (nSPS) is 21.6. The molecule has 0 bridgehead atoms. The number of likely N-dealkylation sites (N-methyl/N-ethyl adjacent to an activating group) is 1. The predicted octanol–water partition coefficient (Wildman–Crippen LogP) is 1.60. The highest BCUT2D eigenvalue weighted by Gasteiger charge is 2.55. The molecule has 1 aliphatic heterocycles. The van der Waals surface area contributed by atoms with Crippen molar-refractivity contribution in [2.75, 3.05) is 26.7 Å². The zero-order valence-electron chi connectivity index (χ0n) is 12.3. The average molecular weight is 295 g/mol. The molecule has 1 fully saturated rings. The third-order valence-electron chi connectivity index (χ3n) is 4.00. The van der Waals surface area contributed by atoms with E-state index in [1.165, 1.54) is 11.9 Å². The highest BCUT2D eigenvalue weighted by Crippen LogP contribution is 2.30. The van der Waals surface area contributed by atoms with Gasteiger partial charge in [-0.3, -0.25) is 4.79 Å². The van der Waals surface area contributed by atoms with Gasteiger partial charge in [-0.2, -0.15) is 13.2 Å². The first-order valence-corrected chi connectivity index (χ1v) is 6.96. The summed E-state index contributed by atoms with van der Waals surface area (Å²) in [5.74, 6) is -1.06. The number of alkyl halides is 3. The third-order valence-corrected chi connectivity index (χ3v) is 4.00. The number of likely N-dealkylation sites (tertiary alicyclic amines) is 1. The number of carbonyl (C=O) groups excluding carboxylic acids is 1. The minimum Gasteiger partial charge on any atom is -0.341 e. The van der Waals surface area contributed by atoms with E-state index < -0.39 is 17.6 Å². The number of nitrogens with two attached hydrogens (primary N) is 1. The largest absolute Gasteiger partial charge is 0.415 e. The first-order chi connectivity index (χ1) is 9.11. The number of hydrogen-bond acceptors (Lipinski definition) is 3. The molecule has 1 heterocycles. The summed E-state index contributed by atoms with van der Waals surface area (Å²) in [5.41, 5.74) is 2.38. The van der Waals surface area contributed by atoms with Crippen molar-refractivity contribution in [2.24, 2.45) is 5.73 Å². The van der Waals surface area contributed by atoms with Crippen molar-refractivity contribution in [3.63, 3.8) is 0 Å². The lowest BCUT2D eigenvalue weighted by Crippen LogP contribution is -2.63. The SMILES string of the molecule is CCCN1CCC(N(C)C(=O)C(C)(N)C(F)(F)F)CC1. The quantitative estimate of drug-likeness (QED) is 0.857. The first-order valence-electron chi connectivity index (χ1n) is 6.96. The maximum absolute atomic E-state index is 12.8. The van der Waals surface area contributed by atoms with Gasteiger partial charge in [-0.1, -0.05) is 6.92 Å². The smallest absolute Gasteiger partial charge is 0.341 e. The van der Waals surface area contributed by atoms with E-state index in [9.17, 15) is 18.0 Å². The minimum absolute atomic E-state index is 0.166. The molecule has 0 radical (unpaired) electrons. The molecule has 1 unspecified atom stereocenters. The molecular formula is C13H24F3N3O. The Bertz CT molecular complexity index is 336. The molecule has 1 rings (SSSR count). The van der Waals surface area contributed by atoms with E-state index in [1.807, 2.05) is 0 Å².